The predicted octanol–water partition coefficient (Wildman–Crippen LogP) is 6.25. The van der Waals surface area contributed by atoms with Gasteiger partial charge in [-0.25, -0.2) is 0 Å². The van der Waals surface area contributed by atoms with Crippen LogP contribution < -0.4 is 0 Å². The first-order valence-corrected chi connectivity index (χ1v) is 14.1. The van der Waals surface area contributed by atoms with Crippen LogP contribution in [0, 0.1) is 0 Å². The first-order valence-electron chi connectivity index (χ1n) is 13.2. The Bertz CT molecular complexity index is 1230. The molecular formula is C33H34O5S. The fourth-order valence-electron chi connectivity index (χ4n) is 4.62. The van der Waals surface area contributed by atoms with Gasteiger partial charge in [0.1, 0.15) is 29.9 Å². The van der Waals surface area contributed by atoms with Crippen molar-refractivity contribution in [1.82, 2.24) is 0 Å². The summed E-state index contributed by atoms with van der Waals surface area (Å²) >= 11 is 1.57. The van der Waals surface area contributed by atoms with Crippen molar-refractivity contribution in [2.24, 2.45) is 0 Å². The van der Waals surface area contributed by atoms with Crippen LogP contribution >= 0.6 is 11.8 Å². The standard InChI is InChI=1S/C33H34O5S/c34-21-29-30(35-22-25-13-5-1-6-14-25)31(36-23-26-15-7-2-8-16-26)32(37-24-27-17-9-3-10-18-27)33(38-29)39-28-19-11-4-12-20-28/h1-20,29-34H,21-24H2. The number of hydrogen-bond acceptors (Lipinski definition) is 6. The van der Waals surface area contributed by atoms with E-state index in [9.17, 15) is 5.11 Å². The molecule has 4 aromatic rings. The van der Waals surface area contributed by atoms with E-state index in [0.717, 1.165) is 21.6 Å². The van der Waals surface area contributed by atoms with Gasteiger partial charge in [0, 0.05) is 4.90 Å². The van der Waals surface area contributed by atoms with Crippen molar-refractivity contribution in [3.8, 4) is 0 Å². The Hall–Kier alpha value is -2.97. The fraction of sp³-hybridized carbons (Fsp3) is 0.273. The molecule has 1 heterocycles. The summed E-state index contributed by atoms with van der Waals surface area (Å²) in [6.45, 7) is 0.976. The fourth-order valence-corrected chi connectivity index (χ4v) is 5.77. The molecule has 4 aromatic carbocycles. The lowest BCUT2D eigenvalue weighted by atomic mass is 9.99. The van der Waals surface area contributed by atoms with Crippen molar-refractivity contribution in [1.29, 1.82) is 0 Å². The molecule has 39 heavy (non-hydrogen) atoms. The summed E-state index contributed by atoms with van der Waals surface area (Å²) in [5.41, 5.74) is 2.75. The molecule has 0 aliphatic carbocycles. The lowest BCUT2D eigenvalue weighted by Gasteiger charge is -2.45. The van der Waals surface area contributed by atoms with E-state index in [1.807, 2.05) is 121 Å². The average Bonchev–Trinajstić information content (AvgIpc) is 3.00. The molecule has 1 aliphatic rings. The molecule has 0 amide bonds. The molecule has 0 aromatic heterocycles. The molecule has 0 spiro atoms. The highest BCUT2D eigenvalue weighted by molar-refractivity contribution is 7.99. The number of rotatable bonds is 12. The highest BCUT2D eigenvalue weighted by Crippen LogP contribution is 2.38. The number of ether oxygens (including phenoxy) is 4. The summed E-state index contributed by atoms with van der Waals surface area (Å²) in [5.74, 6) is 0. The molecule has 0 bridgehead atoms. The van der Waals surface area contributed by atoms with Crippen LogP contribution in [0.4, 0.5) is 0 Å². The number of benzene rings is 4. The number of hydrogen-bond donors (Lipinski definition) is 1. The van der Waals surface area contributed by atoms with Crippen molar-refractivity contribution in [2.75, 3.05) is 6.61 Å². The number of aliphatic hydroxyl groups is 1. The van der Waals surface area contributed by atoms with Crippen LogP contribution in [0.25, 0.3) is 0 Å². The van der Waals surface area contributed by atoms with Gasteiger partial charge in [0.05, 0.1) is 26.4 Å². The van der Waals surface area contributed by atoms with E-state index in [1.165, 1.54) is 0 Å². The third-order valence-electron chi connectivity index (χ3n) is 6.62. The zero-order valence-electron chi connectivity index (χ0n) is 21.8. The third kappa shape index (κ3) is 7.79. The number of aliphatic hydroxyl groups excluding tert-OH is 1. The van der Waals surface area contributed by atoms with Crippen LogP contribution in [-0.4, -0.2) is 41.6 Å². The molecule has 1 fully saturated rings. The molecule has 1 N–H and O–H groups in total. The van der Waals surface area contributed by atoms with Crippen molar-refractivity contribution >= 4 is 11.8 Å². The first kappa shape index (κ1) is 27.6. The summed E-state index contributed by atoms with van der Waals surface area (Å²) in [4.78, 5) is 1.05. The highest BCUT2D eigenvalue weighted by atomic mass is 32.2. The summed E-state index contributed by atoms with van der Waals surface area (Å²) < 4.78 is 26.2. The van der Waals surface area contributed by atoms with Crippen LogP contribution in [0.1, 0.15) is 16.7 Å². The second-order valence-corrected chi connectivity index (χ2v) is 10.6. The van der Waals surface area contributed by atoms with Gasteiger partial charge in [-0.1, -0.05) is 121 Å². The number of thioether (sulfide) groups is 1. The maximum atomic E-state index is 10.4. The summed E-state index contributed by atoms with van der Waals surface area (Å²) in [6, 6.07) is 40.3. The Labute approximate surface area is 234 Å². The molecule has 6 heteroatoms. The molecular weight excluding hydrogens is 508 g/mol. The summed E-state index contributed by atoms with van der Waals surface area (Å²) in [7, 11) is 0. The van der Waals surface area contributed by atoms with Crippen LogP contribution in [0.15, 0.2) is 126 Å². The maximum Gasteiger partial charge on any atom is 0.137 e. The molecule has 0 radical (unpaired) electrons. The minimum absolute atomic E-state index is 0.193. The van der Waals surface area contributed by atoms with E-state index < -0.39 is 29.9 Å². The van der Waals surface area contributed by atoms with E-state index in [0.29, 0.717) is 19.8 Å². The zero-order chi connectivity index (χ0) is 26.7. The van der Waals surface area contributed by atoms with Gasteiger partial charge in [0.25, 0.3) is 0 Å². The highest BCUT2D eigenvalue weighted by Gasteiger charge is 2.48. The maximum absolute atomic E-state index is 10.4. The normalized spacial score (nSPS) is 22.9. The Morgan fingerprint density at radius 1 is 0.538 bits per heavy atom. The van der Waals surface area contributed by atoms with Crippen molar-refractivity contribution in [2.45, 2.75) is 54.6 Å². The smallest absolute Gasteiger partial charge is 0.137 e. The van der Waals surface area contributed by atoms with E-state index >= 15 is 0 Å². The monoisotopic (exact) mass is 542 g/mol. The molecule has 1 aliphatic heterocycles. The molecule has 1 saturated heterocycles. The Morgan fingerprint density at radius 3 is 1.41 bits per heavy atom. The van der Waals surface area contributed by atoms with Gasteiger partial charge in [-0.2, -0.15) is 0 Å². The van der Waals surface area contributed by atoms with E-state index in [2.05, 4.69) is 0 Å². The molecule has 0 saturated carbocycles. The van der Waals surface area contributed by atoms with Gasteiger partial charge in [-0.3, -0.25) is 0 Å². The van der Waals surface area contributed by atoms with E-state index in [-0.39, 0.29) is 6.61 Å². The lowest BCUT2D eigenvalue weighted by molar-refractivity contribution is -0.251. The predicted molar refractivity (Wildman–Crippen MR) is 153 cm³/mol. The van der Waals surface area contributed by atoms with Gasteiger partial charge in [0.15, 0.2) is 0 Å². The molecule has 5 nitrogen and oxygen atoms in total. The van der Waals surface area contributed by atoms with Gasteiger partial charge in [-0.15, -0.1) is 0 Å². The van der Waals surface area contributed by atoms with Crippen molar-refractivity contribution < 1.29 is 24.1 Å². The van der Waals surface area contributed by atoms with Crippen molar-refractivity contribution in [3.05, 3.63) is 138 Å². The lowest BCUT2D eigenvalue weighted by Crippen LogP contribution is -2.60. The third-order valence-corrected chi connectivity index (χ3v) is 7.78. The van der Waals surface area contributed by atoms with Crippen molar-refractivity contribution in [3.63, 3.8) is 0 Å². The Morgan fingerprint density at radius 2 is 0.949 bits per heavy atom. The Balaban J connectivity index is 1.44. The van der Waals surface area contributed by atoms with Gasteiger partial charge >= 0.3 is 0 Å². The van der Waals surface area contributed by atoms with Crippen LogP contribution in [0.2, 0.25) is 0 Å². The molecule has 5 unspecified atom stereocenters. The Kier molecular flexibility index (Phi) is 10.2. The van der Waals surface area contributed by atoms with Crippen LogP contribution in [0.5, 0.6) is 0 Å². The van der Waals surface area contributed by atoms with Gasteiger partial charge in [0.2, 0.25) is 0 Å². The summed E-state index contributed by atoms with van der Waals surface area (Å²) in [5, 5.41) is 10.4. The minimum Gasteiger partial charge on any atom is -0.394 e. The molecule has 5 atom stereocenters. The second-order valence-electron chi connectivity index (χ2n) is 9.44. The largest absolute Gasteiger partial charge is 0.394 e. The topological polar surface area (TPSA) is 57.2 Å². The van der Waals surface area contributed by atoms with Gasteiger partial charge in [-0.05, 0) is 28.8 Å². The zero-order valence-corrected chi connectivity index (χ0v) is 22.6. The second kappa shape index (κ2) is 14.4. The van der Waals surface area contributed by atoms with Crippen LogP contribution in [0.3, 0.4) is 0 Å². The van der Waals surface area contributed by atoms with E-state index in [1.54, 1.807) is 11.8 Å². The average molecular weight is 543 g/mol. The minimum atomic E-state index is -0.577. The molecule has 202 valence electrons. The van der Waals surface area contributed by atoms with E-state index in [4.69, 9.17) is 18.9 Å². The summed E-state index contributed by atoms with van der Waals surface area (Å²) in [6.07, 6.45) is -2.05. The molecule has 5 rings (SSSR count). The van der Waals surface area contributed by atoms with Gasteiger partial charge < -0.3 is 24.1 Å². The quantitative estimate of drug-likeness (QED) is 0.228. The first-order chi connectivity index (χ1) is 19.3. The SMILES string of the molecule is OCC1OC(Sc2ccccc2)C(OCc2ccccc2)C(OCc2ccccc2)C1OCc1ccccc1. The van der Waals surface area contributed by atoms with Crippen LogP contribution in [-0.2, 0) is 38.8 Å².